The Labute approximate surface area is 135 Å². The fraction of sp³-hybridized carbons (Fsp3) is 0.500. The van der Waals surface area contributed by atoms with E-state index in [0.29, 0.717) is 18.8 Å². The number of benzene rings is 1. The minimum Gasteiger partial charge on any atom is -0.483 e. The quantitative estimate of drug-likeness (QED) is 0.839. The number of carbonyl (C=O) groups is 1. The highest BCUT2D eigenvalue weighted by molar-refractivity contribution is 9.11. The van der Waals surface area contributed by atoms with E-state index >= 15 is 0 Å². The molecule has 1 N–H and O–H groups in total. The van der Waals surface area contributed by atoms with E-state index in [0.717, 1.165) is 15.4 Å². The maximum Gasteiger partial charge on any atom is 0.260 e. The van der Waals surface area contributed by atoms with Gasteiger partial charge in [-0.15, -0.1) is 0 Å². The van der Waals surface area contributed by atoms with E-state index in [4.69, 9.17) is 4.74 Å². The number of aliphatic hydroxyl groups excluding tert-OH is 1. The molecular weight excluding hydrogens is 390 g/mol. The molecule has 20 heavy (non-hydrogen) atoms. The molecule has 110 valence electrons. The van der Waals surface area contributed by atoms with Crippen LogP contribution in [0.4, 0.5) is 0 Å². The van der Waals surface area contributed by atoms with Crippen molar-refractivity contribution in [3.05, 3.63) is 27.1 Å². The molecule has 1 aliphatic rings. The molecule has 2 rings (SSSR count). The Hall–Kier alpha value is -0.590. The summed E-state index contributed by atoms with van der Waals surface area (Å²) in [6, 6.07) is 5.53. The summed E-state index contributed by atoms with van der Waals surface area (Å²) in [6.45, 7) is 3.07. The minimum atomic E-state index is -0.438. The summed E-state index contributed by atoms with van der Waals surface area (Å²) in [4.78, 5) is 13.7. The summed E-state index contributed by atoms with van der Waals surface area (Å²) in [6.07, 6.45) is 0.390. The number of aliphatic hydroxyl groups is 1. The van der Waals surface area contributed by atoms with Gasteiger partial charge in [-0.2, -0.15) is 0 Å². The van der Waals surface area contributed by atoms with Gasteiger partial charge in [0, 0.05) is 17.6 Å². The molecule has 0 bridgehead atoms. The summed E-state index contributed by atoms with van der Waals surface area (Å²) >= 11 is 6.75. The van der Waals surface area contributed by atoms with Crippen LogP contribution >= 0.6 is 31.9 Å². The smallest absolute Gasteiger partial charge is 0.260 e. The molecule has 0 aromatic heterocycles. The van der Waals surface area contributed by atoms with Crippen molar-refractivity contribution in [3.63, 3.8) is 0 Å². The van der Waals surface area contributed by atoms with Gasteiger partial charge < -0.3 is 14.7 Å². The number of amides is 1. The van der Waals surface area contributed by atoms with Gasteiger partial charge in [0.2, 0.25) is 0 Å². The number of rotatable bonds is 3. The first-order chi connectivity index (χ1) is 9.47. The van der Waals surface area contributed by atoms with E-state index in [1.807, 2.05) is 19.1 Å². The van der Waals surface area contributed by atoms with Crippen molar-refractivity contribution >= 4 is 37.8 Å². The Kier molecular flexibility index (Phi) is 5.46. The molecule has 1 heterocycles. The van der Waals surface area contributed by atoms with Crippen LogP contribution in [0.1, 0.15) is 13.3 Å². The van der Waals surface area contributed by atoms with Gasteiger partial charge in [-0.3, -0.25) is 4.79 Å². The zero-order valence-electron chi connectivity index (χ0n) is 11.2. The predicted molar refractivity (Wildman–Crippen MR) is 83.7 cm³/mol. The molecule has 1 fully saturated rings. The fourth-order valence-electron chi connectivity index (χ4n) is 2.10. The second-order valence-corrected chi connectivity index (χ2v) is 6.81. The fourth-order valence-corrected chi connectivity index (χ4v) is 3.26. The number of piperidine rings is 1. The molecule has 0 spiro atoms. The van der Waals surface area contributed by atoms with Gasteiger partial charge in [-0.1, -0.05) is 22.9 Å². The first kappa shape index (κ1) is 15.8. The monoisotopic (exact) mass is 405 g/mol. The van der Waals surface area contributed by atoms with Crippen LogP contribution in [0.15, 0.2) is 27.1 Å². The van der Waals surface area contributed by atoms with Gasteiger partial charge in [0.25, 0.3) is 5.91 Å². The molecule has 0 radical (unpaired) electrons. The average molecular weight is 407 g/mol. The summed E-state index contributed by atoms with van der Waals surface area (Å²) in [5, 5.41) is 9.81. The summed E-state index contributed by atoms with van der Waals surface area (Å²) in [7, 11) is 0. The van der Waals surface area contributed by atoms with Crippen molar-refractivity contribution in [3.8, 4) is 5.75 Å². The van der Waals surface area contributed by atoms with Gasteiger partial charge in [-0.05, 0) is 46.5 Å². The van der Waals surface area contributed by atoms with E-state index in [1.165, 1.54) is 0 Å². The number of hydrogen-bond donors (Lipinski definition) is 1. The molecule has 1 amide bonds. The second-order valence-electron chi connectivity index (χ2n) is 5.04. The highest BCUT2D eigenvalue weighted by atomic mass is 79.9. The lowest BCUT2D eigenvalue weighted by Gasteiger charge is -2.34. The topological polar surface area (TPSA) is 49.8 Å². The summed E-state index contributed by atoms with van der Waals surface area (Å²) in [5.41, 5.74) is 0. The third-order valence-corrected chi connectivity index (χ3v) is 4.63. The van der Waals surface area contributed by atoms with Crippen molar-refractivity contribution in [2.24, 2.45) is 5.92 Å². The Morgan fingerprint density at radius 3 is 2.90 bits per heavy atom. The van der Waals surface area contributed by atoms with Crippen molar-refractivity contribution in [2.45, 2.75) is 19.4 Å². The number of likely N-dealkylation sites (tertiary alicyclic amines) is 1. The van der Waals surface area contributed by atoms with Crippen molar-refractivity contribution in [2.75, 3.05) is 19.7 Å². The lowest BCUT2D eigenvalue weighted by molar-refractivity contribution is -0.137. The number of ether oxygens (including phenoxy) is 1. The molecule has 1 saturated heterocycles. The standard InChI is InChI=1S/C14H17Br2NO3/c1-9-4-5-17(7-12(9)18)14(19)8-20-13-3-2-10(15)6-11(13)16/h2-3,6,9,12,18H,4-5,7-8H2,1H3. The number of nitrogens with zero attached hydrogens (tertiary/aromatic N) is 1. The van der Waals surface area contributed by atoms with Gasteiger partial charge in [-0.25, -0.2) is 0 Å². The number of hydrogen-bond acceptors (Lipinski definition) is 3. The molecule has 1 aromatic rings. The van der Waals surface area contributed by atoms with Crippen LogP contribution in [-0.4, -0.2) is 41.7 Å². The molecule has 1 aliphatic heterocycles. The molecule has 2 unspecified atom stereocenters. The maximum absolute atomic E-state index is 12.1. The van der Waals surface area contributed by atoms with Crippen LogP contribution in [0.2, 0.25) is 0 Å². The first-order valence-electron chi connectivity index (χ1n) is 6.51. The van der Waals surface area contributed by atoms with Crippen LogP contribution in [-0.2, 0) is 4.79 Å². The third-order valence-electron chi connectivity index (χ3n) is 3.52. The average Bonchev–Trinajstić information content (AvgIpc) is 2.40. The number of carbonyl (C=O) groups excluding carboxylic acids is 1. The molecule has 4 nitrogen and oxygen atoms in total. The lowest BCUT2D eigenvalue weighted by atomic mass is 9.96. The van der Waals surface area contributed by atoms with Gasteiger partial charge in [0.15, 0.2) is 6.61 Å². The number of β-amino-alcohol motifs (C(OH)–C–C–N with tert-alkyl or cyclic N) is 1. The Bertz CT molecular complexity index is 495. The highest BCUT2D eigenvalue weighted by Gasteiger charge is 2.27. The molecule has 0 aliphatic carbocycles. The van der Waals surface area contributed by atoms with Crippen molar-refractivity contribution in [1.29, 1.82) is 0 Å². The largest absolute Gasteiger partial charge is 0.483 e. The van der Waals surface area contributed by atoms with Crippen LogP contribution in [0.3, 0.4) is 0 Å². The highest BCUT2D eigenvalue weighted by Crippen LogP contribution is 2.28. The zero-order chi connectivity index (χ0) is 14.7. The predicted octanol–water partition coefficient (Wildman–Crippen LogP) is 2.82. The van der Waals surface area contributed by atoms with E-state index in [-0.39, 0.29) is 18.4 Å². The van der Waals surface area contributed by atoms with E-state index < -0.39 is 6.10 Å². The van der Waals surface area contributed by atoms with Gasteiger partial charge in [0.1, 0.15) is 5.75 Å². The molecule has 1 aromatic carbocycles. The Morgan fingerprint density at radius 1 is 1.50 bits per heavy atom. The van der Waals surface area contributed by atoms with Crippen LogP contribution < -0.4 is 4.74 Å². The van der Waals surface area contributed by atoms with E-state index in [1.54, 1.807) is 11.0 Å². The maximum atomic E-state index is 12.1. The second kappa shape index (κ2) is 6.91. The normalized spacial score (nSPS) is 22.7. The molecular formula is C14H17Br2NO3. The minimum absolute atomic E-state index is 0.0126. The Morgan fingerprint density at radius 2 is 2.25 bits per heavy atom. The number of halogens is 2. The van der Waals surface area contributed by atoms with Crippen molar-refractivity contribution in [1.82, 2.24) is 4.90 Å². The Balaban J connectivity index is 1.89. The lowest BCUT2D eigenvalue weighted by Crippen LogP contribution is -2.47. The van der Waals surface area contributed by atoms with Gasteiger partial charge in [0.05, 0.1) is 10.6 Å². The molecule has 6 heteroatoms. The molecule has 2 atom stereocenters. The first-order valence-corrected chi connectivity index (χ1v) is 8.09. The molecule has 0 saturated carbocycles. The van der Waals surface area contributed by atoms with Crippen molar-refractivity contribution < 1.29 is 14.6 Å². The van der Waals surface area contributed by atoms with E-state index in [2.05, 4.69) is 31.9 Å². The van der Waals surface area contributed by atoms with Crippen LogP contribution in [0.5, 0.6) is 5.75 Å². The van der Waals surface area contributed by atoms with Crippen LogP contribution in [0.25, 0.3) is 0 Å². The van der Waals surface area contributed by atoms with E-state index in [9.17, 15) is 9.90 Å². The SMILES string of the molecule is CC1CCN(C(=O)COc2ccc(Br)cc2Br)CC1O. The zero-order valence-corrected chi connectivity index (χ0v) is 14.4. The summed E-state index contributed by atoms with van der Waals surface area (Å²) in [5.74, 6) is 0.791. The van der Waals surface area contributed by atoms with Crippen LogP contribution in [0, 0.1) is 5.92 Å². The third kappa shape index (κ3) is 3.96. The van der Waals surface area contributed by atoms with Gasteiger partial charge >= 0.3 is 0 Å². The summed E-state index contributed by atoms with van der Waals surface area (Å²) < 4.78 is 7.27.